The minimum Gasteiger partial charge on any atom is -0.445 e. The van der Waals surface area contributed by atoms with E-state index >= 15 is 0 Å². The molecule has 2 atom stereocenters. The lowest BCUT2D eigenvalue weighted by Crippen LogP contribution is -2.52. The van der Waals surface area contributed by atoms with Crippen LogP contribution in [0.2, 0.25) is 0 Å². The Morgan fingerprint density at radius 2 is 1.96 bits per heavy atom. The van der Waals surface area contributed by atoms with Crippen molar-refractivity contribution in [3.63, 3.8) is 0 Å². The Labute approximate surface area is 143 Å². The van der Waals surface area contributed by atoms with Gasteiger partial charge in [-0.05, 0) is 31.5 Å². The van der Waals surface area contributed by atoms with E-state index in [0.29, 0.717) is 5.56 Å². The number of carbonyl (C=O) groups excluding carboxylic acids is 2. The minimum atomic E-state index is -1.39. The molecule has 6 heteroatoms. The lowest BCUT2D eigenvalue weighted by Gasteiger charge is -2.34. The number of hydrogen-bond donors (Lipinski definition) is 1. The molecule has 2 unspecified atom stereocenters. The van der Waals surface area contributed by atoms with Crippen molar-refractivity contribution in [2.75, 3.05) is 0 Å². The van der Waals surface area contributed by atoms with E-state index in [1.165, 1.54) is 13.0 Å². The molecule has 1 aliphatic rings. The van der Waals surface area contributed by atoms with E-state index in [9.17, 15) is 18.4 Å². The first-order valence-corrected chi connectivity index (χ1v) is 7.87. The van der Waals surface area contributed by atoms with Crippen LogP contribution in [0.15, 0.2) is 42.5 Å². The van der Waals surface area contributed by atoms with Gasteiger partial charge in [0.05, 0.1) is 11.6 Å². The Bertz CT molecular complexity index is 852. The van der Waals surface area contributed by atoms with Crippen molar-refractivity contribution >= 4 is 11.9 Å². The summed E-state index contributed by atoms with van der Waals surface area (Å²) in [5, 5.41) is 2.64. The van der Waals surface area contributed by atoms with Crippen LogP contribution in [-0.2, 0) is 16.0 Å². The lowest BCUT2D eigenvalue weighted by molar-refractivity contribution is -0.140. The van der Waals surface area contributed by atoms with Crippen molar-refractivity contribution in [2.45, 2.75) is 31.9 Å². The van der Waals surface area contributed by atoms with Crippen LogP contribution in [0.4, 0.5) is 8.78 Å². The second-order valence-electron chi connectivity index (χ2n) is 6.32. The highest BCUT2D eigenvalue weighted by Gasteiger charge is 2.43. The number of halogens is 2. The number of carbonyl (C=O) groups is 2. The van der Waals surface area contributed by atoms with Gasteiger partial charge in [-0.2, -0.15) is 0 Å². The normalized spacial score (nSPS) is 20.4. The van der Waals surface area contributed by atoms with Crippen molar-refractivity contribution in [3.05, 3.63) is 70.8 Å². The predicted octanol–water partition coefficient (Wildman–Crippen LogP) is 3.31. The van der Waals surface area contributed by atoms with Crippen LogP contribution in [0.5, 0.6) is 0 Å². The SMILES string of the molecule is CC(NC(=O)C1(C)Cc2ccccc2C(=O)O1)c1ccc(F)cc1F. The van der Waals surface area contributed by atoms with E-state index in [4.69, 9.17) is 4.74 Å². The third kappa shape index (κ3) is 3.24. The van der Waals surface area contributed by atoms with Crippen LogP contribution in [0.25, 0.3) is 0 Å². The van der Waals surface area contributed by atoms with Gasteiger partial charge in [0.2, 0.25) is 0 Å². The van der Waals surface area contributed by atoms with Crippen LogP contribution in [0.3, 0.4) is 0 Å². The summed E-state index contributed by atoms with van der Waals surface area (Å²) in [5.41, 5.74) is -0.0840. The molecule has 2 aromatic rings. The topological polar surface area (TPSA) is 55.4 Å². The minimum absolute atomic E-state index is 0.154. The Morgan fingerprint density at radius 1 is 1.24 bits per heavy atom. The quantitative estimate of drug-likeness (QED) is 0.869. The molecule has 3 rings (SSSR count). The van der Waals surface area contributed by atoms with E-state index in [-0.39, 0.29) is 12.0 Å². The molecular formula is C19H17F2NO3. The molecule has 0 spiro atoms. The largest absolute Gasteiger partial charge is 0.445 e. The van der Waals surface area contributed by atoms with E-state index in [1.54, 1.807) is 31.2 Å². The zero-order valence-electron chi connectivity index (χ0n) is 13.8. The predicted molar refractivity (Wildman–Crippen MR) is 86.9 cm³/mol. The number of nitrogens with one attached hydrogen (secondary N) is 1. The van der Waals surface area contributed by atoms with Crippen LogP contribution in [0, 0.1) is 11.6 Å². The third-order valence-corrected chi connectivity index (χ3v) is 4.34. The van der Waals surface area contributed by atoms with Crippen molar-refractivity contribution in [1.82, 2.24) is 5.32 Å². The molecule has 0 radical (unpaired) electrons. The van der Waals surface area contributed by atoms with Crippen molar-refractivity contribution in [2.24, 2.45) is 0 Å². The maximum Gasteiger partial charge on any atom is 0.339 e. The number of esters is 1. The van der Waals surface area contributed by atoms with Gasteiger partial charge < -0.3 is 10.1 Å². The molecule has 25 heavy (non-hydrogen) atoms. The van der Waals surface area contributed by atoms with E-state index in [2.05, 4.69) is 5.32 Å². The summed E-state index contributed by atoms with van der Waals surface area (Å²) >= 11 is 0. The molecule has 0 fully saturated rings. The second kappa shape index (κ2) is 6.27. The average Bonchev–Trinajstić information content (AvgIpc) is 2.54. The molecule has 4 nitrogen and oxygen atoms in total. The summed E-state index contributed by atoms with van der Waals surface area (Å²) in [5.74, 6) is -2.54. The molecule has 1 heterocycles. The highest BCUT2D eigenvalue weighted by atomic mass is 19.1. The maximum atomic E-state index is 13.9. The van der Waals surface area contributed by atoms with Gasteiger partial charge in [0.1, 0.15) is 11.6 Å². The number of amides is 1. The number of cyclic esters (lactones) is 1. The van der Waals surface area contributed by atoms with E-state index < -0.39 is 35.2 Å². The molecule has 0 aliphatic carbocycles. The van der Waals surface area contributed by atoms with Gasteiger partial charge in [0.15, 0.2) is 5.60 Å². The summed E-state index contributed by atoms with van der Waals surface area (Å²) in [6.07, 6.45) is 0.222. The Hall–Kier alpha value is -2.76. The first-order valence-electron chi connectivity index (χ1n) is 7.87. The van der Waals surface area contributed by atoms with Gasteiger partial charge in [-0.3, -0.25) is 4.79 Å². The zero-order valence-corrected chi connectivity index (χ0v) is 13.8. The smallest absolute Gasteiger partial charge is 0.339 e. The zero-order chi connectivity index (χ0) is 18.2. The van der Waals surface area contributed by atoms with E-state index in [0.717, 1.165) is 17.7 Å². The molecule has 1 aliphatic heterocycles. The average molecular weight is 345 g/mol. The molecule has 0 saturated heterocycles. The summed E-state index contributed by atoms with van der Waals surface area (Å²) in [6.45, 7) is 3.10. The standard InChI is InChI=1S/C19H17F2NO3/c1-11(14-8-7-13(20)9-16(14)21)22-18(24)19(2)10-12-5-3-4-6-15(12)17(23)25-19/h3-9,11H,10H2,1-2H3,(H,22,24). The van der Waals surface area contributed by atoms with Crippen molar-refractivity contribution in [3.8, 4) is 0 Å². The number of rotatable bonds is 3. The molecule has 130 valence electrons. The van der Waals surface area contributed by atoms with Gasteiger partial charge in [-0.15, -0.1) is 0 Å². The van der Waals surface area contributed by atoms with Crippen LogP contribution in [-0.4, -0.2) is 17.5 Å². The highest BCUT2D eigenvalue weighted by Crippen LogP contribution is 2.29. The molecule has 2 aromatic carbocycles. The third-order valence-electron chi connectivity index (χ3n) is 4.34. The molecule has 1 amide bonds. The van der Waals surface area contributed by atoms with Gasteiger partial charge >= 0.3 is 5.97 Å². The van der Waals surface area contributed by atoms with E-state index in [1.807, 2.05) is 0 Å². The number of benzene rings is 2. The molecule has 0 bridgehead atoms. The van der Waals surface area contributed by atoms with Gasteiger partial charge in [-0.1, -0.05) is 24.3 Å². The molecule has 0 saturated carbocycles. The highest BCUT2D eigenvalue weighted by molar-refractivity contribution is 5.97. The van der Waals surface area contributed by atoms with Crippen molar-refractivity contribution < 1.29 is 23.1 Å². The number of ether oxygens (including phenoxy) is 1. The Kier molecular flexibility index (Phi) is 4.29. The molecule has 0 aromatic heterocycles. The Balaban J connectivity index is 1.80. The summed E-state index contributed by atoms with van der Waals surface area (Å²) in [4.78, 5) is 24.8. The fourth-order valence-corrected chi connectivity index (χ4v) is 2.94. The second-order valence-corrected chi connectivity index (χ2v) is 6.32. The fourth-order valence-electron chi connectivity index (χ4n) is 2.94. The number of fused-ring (bicyclic) bond motifs is 1. The first kappa shape index (κ1) is 17.1. The van der Waals surface area contributed by atoms with Crippen LogP contribution < -0.4 is 5.32 Å². The number of hydrogen-bond acceptors (Lipinski definition) is 3. The van der Waals surface area contributed by atoms with Gasteiger partial charge in [-0.25, -0.2) is 13.6 Å². The fraction of sp³-hybridized carbons (Fsp3) is 0.263. The molecular weight excluding hydrogens is 328 g/mol. The first-order chi connectivity index (χ1) is 11.8. The van der Waals surface area contributed by atoms with Gasteiger partial charge in [0.25, 0.3) is 5.91 Å². The maximum absolute atomic E-state index is 13.9. The van der Waals surface area contributed by atoms with Crippen LogP contribution >= 0.6 is 0 Å². The Morgan fingerprint density at radius 3 is 2.68 bits per heavy atom. The summed E-state index contributed by atoms with van der Waals surface area (Å²) in [6, 6.07) is 9.38. The monoisotopic (exact) mass is 345 g/mol. The summed E-state index contributed by atoms with van der Waals surface area (Å²) < 4.78 is 32.2. The summed E-state index contributed by atoms with van der Waals surface area (Å²) in [7, 11) is 0. The van der Waals surface area contributed by atoms with Crippen LogP contribution in [0.1, 0.15) is 41.4 Å². The molecule has 1 N–H and O–H groups in total. The lowest BCUT2D eigenvalue weighted by atomic mass is 9.89. The van der Waals surface area contributed by atoms with Crippen molar-refractivity contribution in [1.29, 1.82) is 0 Å². The van der Waals surface area contributed by atoms with Gasteiger partial charge in [0, 0.05) is 18.1 Å².